The molecule has 3 atom stereocenters. The Bertz CT molecular complexity index is 631. The molecule has 1 aliphatic rings. The second-order valence-corrected chi connectivity index (χ2v) is 8.05. The molecule has 0 bridgehead atoms. The lowest BCUT2D eigenvalue weighted by Crippen LogP contribution is -2.45. The molecule has 0 aliphatic carbocycles. The van der Waals surface area contributed by atoms with E-state index in [9.17, 15) is 4.79 Å². The Labute approximate surface area is 148 Å². The van der Waals surface area contributed by atoms with Gasteiger partial charge in [0.05, 0.1) is 12.6 Å². The van der Waals surface area contributed by atoms with Crippen molar-refractivity contribution in [3.63, 3.8) is 0 Å². The molecule has 0 saturated carbocycles. The van der Waals surface area contributed by atoms with E-state index in [0.29, 0.717) is 18.4 Å². The lowest BCUT2D eigenvalue weighted by Gasteiger charge is -2.34. The molecule has 24 heavy (non-hydrogen) atoms. The van der Waals surface area contributed by atoms with E-state index in [2.05, 4.69) is 47.6 Å². The van der Waals surface area contributed by atoms with Crippen molar-refractivity contribution >= 4 is 17.2 Å². The van der Waals surface area contributed by atoms with Gasteiger partial charge in [-0.2, -0.15) is 0 Å². The molecule has 128 valence electrons. The summed E-state index contributed by atoms with van der Waals surface area (Å²) in [5.41, 5.74) is 1.13. The van der Waals surface area contributed by atoms with Crippen molar-refractivity contribution in [1.29, 1.82) is 0 Å². The SMILES string of the molecule is C[C@@H]1C[C@H](C)CN(CC(=O)N[C@@H](c2ccccc2)c2cccs2)C1. The van der Waals surface area contributed by atoms with Gasteiger partial charge >= 0.3 is 0 Å². The van der Waals surface area contributed by atoms with Gasteiger partial charge in [0.15, 0.2) is 0 Å². The van der Waals surface area contributed by atoms with Gasteiger partial charge in [-0.25, -0.2) is 0 Å². The third kappa shape index (κ3) is 4.46. The van der Waals surface area contributed by atoms with Gasteiger partial charge in [-0.3, -0.25) is 9.69 Å². The van der Waals surface area contributed by atoms with E-state index in [1.165, 1.54) is 11.3 Å². The molecule has 4 heteroatoms. The van der Waals surface area contributed by atoms with Crippen LogP contribution >= 0.6 is 11.3 Å². The molecular weight excluding hydrogens is 316 g/mol. The van der Waals surface area contributed by atoms with Gasteiger partial charge in [0.25, 0.3) is 0 Å². The van der Waals surface area contributed by atoms with Crippen LogP contribution in [-0.2, 0) is 4.79 Å². The van der Waals surface area contributed by atoms with Crippen LogP contribution < -0.4 is 5.32 Å². The molecule has 3 nitrogen and oxygen atoms in total. The van der Waals surface area contributed by atoms with Crippen LogP contribution in [0, 0.1) is 11.8 Å². The van der Waals surface area contributed by atoms with Crippen molar-refractivity contribution in [3.8, 4) is 0 Å². The number of nitrogens with zero attached hydrogens (tertiary/aromatic N) is 1. The zero-order valence-electron chi connectivity index (χ0n) is 14.4. The second kappa shape index (κ2) is 7.95. The number of nitrogens with one attached hydrogen (secondary N) is 1. The van der Waals surface area contributed by atoms with Crippen molar-refractivity contribution < 1.29 is 4.79 Å². The number of amides is 1. The Morgan fingerprint density at radius 3 is 2.50 bits per heavy atom. The highest BCUT2D eigenvalue weighted by atomic mass is 32.1. The van der Waals surface area contributed by atoms with Gasteiger partial charge in [0.1, 0.15) is 0 Å². The Kier molecular flexibility index (Phi) is 5.69. The molecule has 3 rings (SSSR count). The van der Waals surface area contributed by atoms with Crippen LogP contribution in [0.4, 0.5) is 0 Å². The Balaban J connectivity index is 1.68. The van der Waals surface area contributed by atoms with Crippen molar-refractivity contribution in [2.24, 2.45) is 11.8 Å². The number of benzene rings is 1. The number of likely N-dealkylation sites (tertiary alicyclic amines) is 1. The quantitative estimate of drug-likeness (QED) is 0.893. The summed E-state index contributed by atoms with van der Waals surface area (Å²) in [5, 5.41) is 5.30. The van der Waals surface area contributed by atoms with Crippen molar-refractivity contribution in [2.45, 2.75) is 26.3 Å². The first-order valence-corrected chi connectivity index (χ1v) is 9.60. The van der Waals surface area contributed by atoms with Crippen LogP contribution in [-0.4, -0.2) is 30.4 Å². The fraction of sp³-hybridized carbons (Fsp3) is 0.450. The van der Waals surface area contributed by atoms with E-state index in [0.717, 1.165) is 18.7 Å². The zero-order chi connectivity index (χ0) is 16.9. The molecule has 2 heterocycles. The Hall–Kier alpha value is -1.65. The number of carbonyl (C=O) groups excluding carboxylic acids is 1. The summed E-state index contributed by atoms with van der Waals surface area (Å²) in [7, 11) is 0. The van der Waals surface area contributed by atoms with Gasteiger partial charge in [0, 0.05) is 18.0 Å². The summed E-state index contributed by atoms with van der Waals surface area (Å²) in [6.45, 7) is 7.08. The third-order valence-electron chi connectivity index (χ3n) is 4.58. The van der Waals surface area contributed by atoms with Crippen LogP contribution in [0.1, 0.15) is 36.8 Å². The monoisotopic (exact) mass is 342 g/mol. The van der Waals surface area contributed by atoms with Crippen LogP contribution in [0.3, 0.4) is 0 Å². The van der Waals surface area contributed by atoms with Crippen LogP contribution in [0.5, 0.6) is 0 Å². The van der Waals surface area contributed by atoms with Crippen LogP contribution in [0.2, 0.25) is 0 Å². The smallest absolute Gasteiger partial charge is 0.234 e. The lowest BCUT2D eigenvalue weighted by atomic mass is 9.92. The largest absolute Gasteiger partial charge is 0.343 e. The first-order valence-electron chi connectivity index (χ1n) is 8.72. The number of piperidine rings is 1. The number of hydrogen-bond donors (Lipinski definition) is 1. The molecular formula is C20H26N2OS. The average Bonchev–Trinajstić information content (AvgIpc) is 3.06. The highest BCUT2D eigenvalue weighted by Gasteiger charge is 2.25. The number of rotatable bonds is 5. The standard InChI is InChI=1S/C20H26N2OS/c1-15-11-16(2)13-22(12-15)14-19(23)21-20(18-9-6-10-24-18)17-7-4-3-5-8-17/h3-10,15-16,20H,11-14H2,1-2H3,(H,21,23)/t15-,16+,20-/m0/s1. The molecule has 1 aromatic heterocycles. The molecule has 1 saturated heterocycles. The molecule has 1 fully saturated rings. The van der Waals surface area contributed by atoms with E-state index in [4.69, 9.17) is 0 Å². The van der Waals surface area contributed by atoms with E-state index in [-0.39, 0.29) is 11.9 Å². The Morgan fingerprint density at radius 1 is 1.17 bits per heavy atom. The van der Waals surface area contributed by atoms with Crippen molar-refractivity contribution in [2.75, 3.05) is 19.6 Å². The van der Waals surface area contributed by atoms with Gasteiger partial charge in [-0.15, -0.1) is 11.3 Å². The minimum absolute atomic E-state index is 0.0571. The summed E-state index contributed by atoms with van der Waals surface area (Å²) < 4.78 is 0. The summed E-state index contributed by atoms with van der Waals surface area (Å²) >= 11 is 1.69. The van der Waals surface area contributed by atoms with Gasteiger partial charge in [-0.05, 0) is 35.3 Å². The van der Waals surface area contributed by atoms with Gasteiger partial charge < -0.3 is 5.32 Å². The minimum Gasteiger partial charge on any atom is -0.343 e. The summed E-state index contributed by atoms with van der Waals surface area (Å²) in [6.07, 6.45) is 1.26. The maximum Gasteiger partial charge on any atom is 0.234 e. The highest BCUT2D eigenvalue weighted by molar-refractivity contribution is 7.10. The number of carbonyl (C=O) groups is 1. The van der Waals surface area contributed by atoms with E-state index in [1.54, 1.807) is 11.3 Å². The zero-order valence-corrected chi connectivity index (χ0v) is 15.3. The maximum absolute atomic E-state index is 12.7. The number of thiophene rings is 1. The fourth-order valence-electron chi connectivity index (χ4n) is 3.75. The molecule has 0 spiro atoms. The van der Waals surface area contributed by atoms with E-state index in [1.807, 2.05) is 24.3 Å². The summed E-state index contributed by atoms with van der Waals surface area (Å²) in [6, 6.07) is 14.3. The lowest BCUT2D eigenvalue weighted by molar-refractivity contribution is -0.123. The summed E-state index contributed by atoms with van der Waals surface area (Å²) in [5.74, 6) is 1.45. The normalized spacial score (nSPS) is 22.9. The van der Waals surface area contributed by atoms with Crippen LogP contribution in [0.15, 0.2) is 47.8 Å². The fourth-order valence-corrected chi connectivity index (χ4v) is 4.55. The minimum atomic E-state index is -0.0571. The molecule has 1 aliphatic heterocycles. The predicted octanol–water partition coefficient (Wildman–Crippen LogP) is 3.93. The second-order valence-electron chi connectivity index (χ2n) is 7.07. The highest BCUT2D eigenvalue weighted by Crippen LogP contribution is 2.26. The first-order chi connectivity index (χ1) is 11.6. The molecule has 0 unspecified atom stereocenters. The molecule has 0 radical (unpaired) electrons. The Morgan fingerprint density at radius 2 is 1.88 bits per heavy atom. The number of hydrogen-bond acceptors (Lipinski definition) is 3. The summed E-state index contributed by atoms with van der Waals surface area (Å²) in [4.78, 5) is 16.1. The van der Waals surface area contributed by atoms with Crippen LogP contribution in [0.25, 0.3) is 0 Å². The van der Waals surface area contributed by atoms with E-state index >= 15 is 0 Å². The van der Waals surface area contributed by atoms with Gasteiger partial charge in [0.2, 0.25) is 5.91 Å². The molecule has 2 aromatic rings. The van der Waals surface area contributed by atoms with Crippen molar-refractivity contribution in [3.05, 3.63) is 58.3 Å². The molecule has 1 N–H and O–H groups in total. The maximum atomic E-state index is 12.7. The first kappa shape index (κ1) is 17.2. The van der Waals surface area contributed by atoms with Gasteiger partial charge in [-0.1, -0.05) is 50.2 Å². The molecule has 1 amide bonds. The predicted molar refractivity (Wildman–Crippen MR) is 100 cm³/mol. The van der Waals surface area contributed by atoms with Crippen molar-refractivity contribution in [1.82, 2.24) is 10.2 Å². The average molecular weight is 343 g/mol. The van der Waals surface area contributed by atoms with E-state index < -0.39 is 0 Å². The molecule has 1 aromatic carbocycles. The third-order valence-corrected chi connectivity index (χ3v) is 5.51. The topological polar surface area (TPSA) is 32.3 Å².